The number of amides is 1. The van der Waals surface area contributed by atoms with Gasteiger partial charge in [-0.25, -0.2) is 9.18 Å². The molecule has 2 N–H and O–H groups in total. The lowest BCUT2D eigenvalue weighted by Crippen LogP contribution is -2.41. The number of carboxylic acids is 1. The lowest BCUT2D eigenvalue weighted by atomic mass is 9.67. The van der Waals surface area contributed by atoms with Gasteiger partial charge in [-0.2, -0.15) is 0 Å². The second kappa shape index (κ2) is 5.61. The standard InChI is InChI=1S/C15H18FNO3/c1-2-15(6-3-7-15)9-17-13(18)11-5-4-10(14(19)20)8-12(11)16/h4-5,8H,2-3,6-7,9H2,1H3,(H,17,18)(H,19,20). The van der Waals surface area contributed by atoms with E-state index in [0.717, 1.165) is 25.3 Å². The van der Waals surface area contributed by atoms with Gasteiger partial charge in [0.1, 0.15) is 5.82 Å². The zero-order chi connectivity index (χ0) is 14.8. The lowest BCUT2D eigenvalue weighted by molar-refractivity contribution is 0.0695. The van der Waals surface area contributed by atoms with Gasteiger partial charge in [0.2, 0.25) is 0 Å². The lowest BCUT2D eigenvalue weighted by Gasteiger charge is -2.41. The molecule has 0 unspecified atom stereocenters. The van der Waals surface area contributed by atoms with E-state index in [0.29, 0.717) is 6.54 Å². The minimum atomic E-state index is -1.21. The Morgan fingerprint density at radius 1 is 1.40 bits per heavy atom. The molecule has 1 aromatic carbocycles. The number of halogens is 1. The molecule has 4 nitrogen and oxygen atoms in total. The van der Waals surface area contributed by atoms with Crippen LogP contribution in [0, 0.1) is 11.2 Å². The molecule has 0 radical (unpaired) electrons. The molecule has 0 atom stereocenters. The van der Waals surface area contributed by atoms with Crippen molar-refractivity contribution < 1.29 is 19.1 Å². The van der Waals surface area contributed by atoms with E-state index in [9.17, 15) is 14.0 Å². The third-order valence-corrected chi connectivity index (χ3v) is 4.25. The second-order valence-corrected chi connectivity index (χ2v) is 5.39. The highest BCUT2D eigenvalue weighted by molar-refractivity contribution is 5.96. The maximum absolute atomic E-state index is 13.7. The van der Waals surface area contributed by atoms with E-state index in [-0.39, 0.29) is 16.5 Å². The van der Waals surface area contributed by atoms with Crippen LogP contribution < -0.4 is 5.32 Å². The molecular formula is C15H18FNO3. The van der Waals surface area contributed by atoms with Crippen LogP contribution in [0.4, 0.5) is 4.39 Å². The molecule has 1 aliphatic carbocycles. The predicted molar refractivity (Wildman–Crippen MR) is 72.3 cm³/mol. The summed E-state index contributed by atoms with van der Waals surface area (Å²) < 4.78 is 13.7. The molecule has 1 aromatic rings. The molecule has 0 heterocycles. The highest BCUT2D eigenvalue weighted by Gasteiger charge is 2.35. The fourth-order valence-corrected chi connectivity index (χ4v) is 2.53. The van der Waals surface area contributed by atoms with Crippen LogP contribution in [-0.2, 0) is 0 Å². The van der Waals surface area contributed by atoms with E-state index in [1.165, 1.54) is 18.6 Å². The Bertz CT molecular complexity index is 532. The predicted octanol–water partition coefficient (Wildman–Crippen LogP) is 2.83. The number of carboxylic acid groups (broad SMARTS) is 1. The topological polar surface area (TPSA) is 66.4 Å². The Morgan fingerprint density at radius 2 is 2.10 bits per heavy atom. The maximum Gasteiger partial charge on any atom is 0.335 e. The van der Waals surface area contributed by atoms with E-state index >= 15 is 0 Å². The number of hydrogen-bond acceptors (Lipinski definition) is 2. The Labute approximate surface area is 117 Å². The summed E-state index contributed by atoms with van der Waals surface area (Å²) in [5.74, 6) is -2.50. The fraction of sp³-hybridized carbons (Fsp3) is 0.467. The van der Waals surface area contributed by atoms with Crippen LogP contribution in [0.3, 0.4) is 0 Å². The van der Waals surface area contributed by atoms with Gasteiger partial charge in [0.05, 0.1) is 11.1 Å². The average molecular weight is 279 g/mol. The number of benzene rings is 1. The number of hydrogen-bond donors (Lipinski definition) is 2. The minimum absolute atomic E-state index is 0.111. The molecule has 0 bridgehead atoms. The Morgan fingerprint density at radius 3 is 2.55 bits per heavy atom. The van der Waals surface area contributed by atoms with E-state index in [1.54, 1.807) is 0 Å². The summed E-state index contributed by atoms with van der Waals surface area (Å²) in [6.45, 7) is 2.63. The van der Waals surface area contributed by atoms with E-state index in [4.69, 9.17) is 5.11 Å². The third-order valence-electron chi connectivity index (χ3n) is 4.25. The Balaban J connectivity index is 2.04. The molecule has 1 amide bonds. The first kappa shape index (κ1) is 14.5. The third kappa shape index (κ3) is 2.81. The summed E-state index contributed by atoms with van der Waals surface area (Å²) >= 11 is 0. The van der Waals surface area contributed by atoms with Gasteiger partial charge in [-0.05, 0) is 42.9 Å². The Kier molecular flexibility index (Phi) is 4.06. The monoisotopic (exact) mass is 279 g/mol. The number of carbonyl (C=O) groups is 2. The summed E-state index contributed by atoms with van der Waals surface area (Å²) in [5, 5.41) is 11.5. The first-order valence-corrected chi connectivity index (χ1v) is 6.78. The molecule has 1 aliphatic rings. The van der Waals surface area contributed by atoms with Gasteiger partial charge in [-0.15, -0.1) is 0 Å². The highest BCUT2D eigenvalue weighted by atomic mass is 19.1. The van der Waals surface area contributed by atoms with Gasteiger partial charge in [-0.1, -0.05) is 13.3 Å². The largest absolute Gasteiger partial charge is 0.478 e. The smallest absolute Gasteiger partial charge is 0.335 e. The molecule has 0 aromatic heterocycles. The maximum atomic E-state index is 13.7. The summed E-state index contributed by atoms with van der Waals surface area (Å²) in [6, 6.07) is 3.32. The van der Waals surface area contributed by atoms with Gasteiger partial charge < -0.3 is 10.4 Å². The van der Waals surface area contributed by atoms with Crippen LogP contribution in [0.15, 0.2) is 18.2 Å². The van der Waals surface area contributed by atoms with Crippen LogP contribution in [-0.4, -0.2) is 23.5 Å². The minimum Gasteiger partial charge on any atom is -0.478 e. The fourth-order valence-electron chi connectivity index (χ4n) is 2.53. The molecule has 0 aliphatic heterocycles. The first-order chi connectivity index (χ1) is 9.47. The van der Waals surface area contributed by atoms with Crippen molar-refractivity contribution in [2.45, 2.75) is 32.6 Å². The van der Waals surface area contributed by atoms with Gasteiger partial charge >= 0.3 is 5.97 Å². The van der Waals surface area contributed by atoms with Crippen molar-refractivity contribution in [2.75, 3.05) is 6.54 Å². The molecule has 2 rings (SSSR count). The van der Waals surface area contributed by atoms with E-state index < -0.39 is 17.7 Å². The van der Waals surface area contributed by atoms with Gasteiger partial charge in [0.15, 0.2) is 0 Å². The molecule has 0 saturated heterocycles. The number of rotatable bonds is 5. The van der Waals surface area contributed by atoms with E-state index in [1.807, 2.05) is 0 Å². The summed E-state index contributed by atoms with van der Waals surface area (Å²) in [5.41, 5.74) is -0.115. The van der Waals surface area contributed by atoms with Gasteiger partial charge in [0.25, 0.3) is 5.91 Å². The SMILES string of the molecule is CCC1(CNC(=O)c2ccc(C(=O)O)cc2F)CCC1. The average Bonchev–Trinajstić information content (AvgIpc) is 2.37. The molecule has 0 spiro atoms. The van der Waals surface area contributed by atoms with Crippen molar-refractivity contribution in [2.24, 2.45) is 5.41 Å². The highest BCUT2D eigenvalue weighted by Crippen LogP contribution is 2.43. The van der Waals surface area contributed by atoms with Crippen LogP contribution in [0.2, 0.25) is 0 Å². The van der Waals surface area contributed by atoms with Crippen LogP contribution in [0.5, 0.6) is 0 Å². The molecule has 1 saturated carbocycles. The number of aromatic carboxylic acids is 1. The van der Waals surface area contributed by atoms with E-state index in [2.05, 4.69) is 12.2 Å². The van der Waals surface area contributed by atoms with Gasteiger partial charge in [0, 0.05) is 6.54 Å². The summed E-state index contributed by atoms with van der Waals surface area (Å²) in [6.07, 6.45) is 4.34. The molecule has 5 heteroatoms. The Hall–Kier alpha value is -1.91. The second-order valence-electron chi connectivity index (χ2n) is 5.39. The zero-order valence-electron chi connectivity index (χ0n) is 11.4. The van der Waals surface area contributed by atoms with Crippen LogP contribution in [0.25, 0.3) is 0 Å². The van der Waals surface area contributed by atoms with Gasteiger partial charge in [-0.3, -0.25) is 4.79 Å². The van der Waals surface area contributed by atoms with Crippen molar-refractivity contribution in [1.29, 1.82) is 0 Å². The van der Waals surface area contributed by atoms with Crippen LogP contribution in [0.1, 0.15) is 53.3 Å². The summed E-state index contributed by atoms with van der Waals surface area (Å²) in [4.78, 5) is 22.7. The number of carbonyl (C=O) groups excluding carboxylic acids is 1. The molecule has 1 fully saturated rings. The van der Waals surface area contributed by atoms with Crippen molar-refractivity contribution in [3.63, 3.8) is 0 Å². The zero-order valence-corrected chi connectivity index (χ0v) is 11.4. The van der Waals surface area contributed by atoms with Crippen LogP contribution >= 0.6 is 0 Å². The molecular weight excluding hydrogens is 261 g/mol. The molecule has 108 valence electrons. The normalized spacial score (nSPS) is 16.3. The quantitative estimate of drug-likeness (QED) is 0.871. The van der Waals surface area contributed by atoms with Crippen molar-refractivity contribution in [3.8, 4) is 0 Å². The molecule has 20 heavy (non-hydrogen) atoms. The first-order valence-electron chi connectivity index (χ1n) is 6.78. The van der Waals surface area contributed by atoms with Crippen molar-refractivity contribution in [1.82, 2.24) is 5.32 Å². The van der Waals surface area contributed by atoms with Crippen molar-refractivity contribution >= 4 is 11.9 Å². The summed E-state index contributed by atoms with van der Waals surface area (Å²) in [7, 11) is 0. The van der Waals surface area contributed by atoms with Crippen molar-refractivity contribution in [3.05, 3.63) is 35.1 Å². The number of nitrogens with one attached hydrogen (secondary N) is 1.